The van der Waals surface area contributed by atoms with E-state index in [1.165, 1.54) is 11.1 Å². The highest BCUT2D eigenvalue weighted by atomic mass is 32.1. The van der Waals surface area contributed by atoms with Gasteiger partial charge in [0.05, 0.1) is 6.61 Å². The molecule has 0 unspecified atom stereocenters. The number of nitrogens with one attached hydrogen (secondary N) is 1. The SMILES string of the molecule is Cc1ccc(CNC2CCN(c3nccs3)CC2)c(OCC(C)C)c1. The lowest BCUT2D eigenvalue weighted by Crippen LogP contribution is -2.42. The predicted molar refractivity (Wildman–Crippen MR) is 106 cm³/mol. The molecule has 136 valence electrons. The van der Waals surface area contributed by atoms with Gasteiger partial charge in [0.15, 0.2) is 5.13 Å². The van der Waals surface area contributed by atoms with Crippen LogP contribution in [0.2, 0.25) is 0 Å². The van der Waals surface area contributed by atoms with Crippen LogP contribution in [0.4, 0.5) is 5.13 Å². The van der Waals surface area contributed by atoms with Gasteiger partial charge >= 0.3 is 0 Å². The number of nitrogens with zero attached hydrogens (tertiary/aromatic N) is 2. The van der Waals surface area contributed by atoms with E-state index in [0.29, 0.717) is 12.0 Å². The van der Waals surface area contributed by atoms with Crippen molar-refractivity contribution in [2.45, 2.75) is 46.2 Å². The number of hydrogen-bond acceptors (Lipinski definition) is 5. The van der Waals surface area contributed by atoms with E-state index in [1.807, 2.05) is 6.20 Å². The van der Waals surface area contributed by atoms with Crippen LogP contribution in [-0.4, -0.2) is 30.7 Å². The summed E-state index contributed by atoms with van der Waals surface area (Å²) in [5, 5.41) is 6.93. The topological polar surface area (TPSA) is 37.4 Å². The second-order valence-electron chi connectivity index (χ2n) is 7.27. The van der Waals surface area contributed by atoms with E-state index in [-0.39, 0.29) is 0 Å². The van der Waals surface area contributed by atoms with E-state index in [0.717, 1.165) is 50.0 Å². The summed E-state index contributed by atoms with van der Waals surface area (Å²) >= 11 is 1.73. The van der Waals surface area contributed by atoms with Gasteiger partial charge < -0.3 is 15.0 Å². The molecule has 1 fully saturated rings. The molecule has 0 saturated carbocycles. The molecule has 2 aromatic rings. The number of hydrogen-bond donors (Lipinski definition) is 1. The molecule has 0 bridgehead atoms. The molecule has 0 amide bonds. The molecular weight excluding hydrogens is 330 g/mol. The van der Waals surface area contributed by atoms with E-state index < -0.39 is 0 Å². The van der Waals surface area contributed by atoms with Gasteiger partial charge in [0.1, 0.15) is 5.75 Å². The Morgan fingerprint density at radius 2 is 2.12 bits per heavy atom. The number of aryl methyl sites for hydroxylation is 1. The quantitative estimate of drug-likeness (QED) is 0.802. The lowest BCUT2D eigenvalue weighted by atomic mass is 10.0. The maximum atomic E-state index is 6.03. The fourth-order valence-corrected chi connectivity index (χ4v) is 3.80. The van der Waals surface area contributed by atoms with Crippen LogP contribution < -0.4 is 15.0 Å². The highest BCUT2D eigenvalue weighted by Gasteiger charge is 2.20. The first-order valence-electron chi connectivity index (χ1n) is 9.22. The third-order valence-electron chi connectivity index (χ3n) is 4.56. The van der Waals surface area contributed by atoms with Gasteiger partial charge in [-0.05, 0) is 37.3 Å². The molecule has 1 N–H and O–H groups in total. The van der Waals surface area contributed by atoms with Crippen molar-refractivity contribution in [2.75, 3.05) is 24.6 Å². The Morgan fingerprint density at radius 3 is 2.80 bits per heavy atom. The summed E-state index contributed by atoms with van der Waals surface area (Å²) in [6.45, 7) is 10.3. The van der Waals surface area contributed by atoms with Gasteiger partial charge in [0.25, 0.3) is 0 Å². The highest BCUT2D eigenvalue weighted by molar-refractivity contribution is 7.13. The Labute approximate surface area is 155 Å². The number of thiazole rings is 1. The van der Waals surface area contributed by atoms with Crippen LogP contribution in [0.5, 0.6) is 5.75 Å². The average molecular weight is 360 g/mol. The number of anilines is 1. The summed E-state index contributed by atoms with van der Waals surface area (Å²) in [5.74, 6) is 1.57. The van der Waals surface area contributed by atoms with Crippen LogP contribution in [0.3, 0.4) is 0 Å². The molecule has 0 radical (unpaired) electrons. The van der Waals surface area contributed by atoms with Crippen LogP contribution in [0.15, 0.2) is 29.8 Å². The molecule has 0 atom stereocenters. The lowest BCUT2D eigenvalue weighted by molar-refractivity contribution is 0.267. The maximum absolute atomic E-state index is 6.03. The van der Waals surface area contributed by atoms with E-state index in [1.54, 1.807) is 11.3 Å². The molecule has 0 aliphatic carbocycles. The minimum Gasteiger partial charge on any atom is -0.493 e. The monoisotopic (exact) mass is 359 g/mol. The standard InChI is InChI=1S/C20H29N3OS/c1-15(2)14-24-19-12-16(3)4-5-17(19)13-22-18-6-9-23(10-7-18)20-21-8-11-25-20/h4-5,8,11-12,15,18,22H,6-7,9-10,13-14H2,1-3H3. The zero-order valence-corrected chi connectivity index (χ0v) is 16.3. The second-order valence-corrected chi connectivity index (χ2v) is 8.15. The zero-order chi connectivity index (χ0) is 17.6. The van der Waals surface area contributed by atoms with Gasteiger partial charge in [-0.25, -0.2) is 4.98 Å². The molecule has 1 saturated heterocycles. The Kier molecular flexibility index (Phi) is 6.32. The number of benzene rings is 1. The summed E-state index contributed by atoms with van der Waals surface area (Å²) in [5.41, 5.74) is 2.51. The van der Waals surface area contributed by atoms with Gasteiger partial charge in [-0.1, -0.05) is 26.0 Å². The molecular formula is C20H29N3OS. The van der Waals surface area contributed by atoms with Crippen molar-refractivity contribution in [3.05, 3.63) is 40.9 Å². The molecule has 0 spiro atoms. The van der Waals surface area contributed by atoms with Gasteiger partial charge in [-0.3, -0.25) is 0 Å². The van der Waals surface area contributed by atoms with Gasteiger partial charge in [-0.2, -0.15) is 0 Å². The van der Waals surface area contributed by atoms with Crippen molar-refractivity contribution in [1.29, 1.82) is 0 Å². The first-order valence-corrected chi connectivity index (χ1v) is 10.1. The number of piperidine rings is 1. The van der Waals surface area contributed by atoms with Crippen molar-refractivity contribution < 1.29 is 4.74 Å². The van der Waals surface area contributed by atoms with Crippen LogP contribution >= 0.6 is 11.3 Å². The lowest BCUT2D eigenvalue weighted by Gasteiger charge is -2.32. The summed E-state index contributed by atoms with van der Waals surface area (Å²) in [7, 11) is 0. The van der Waals surface area contributed by atoms with E-state index in [9.17, 15) is 0 Å². The Bertz CT molecular complexity index is 649. The number of aromatic nitrogens is 1. The van der Waals surface area contributed by atoms with Gasteiger partial charge in [-0.15, -0.1) is 11.3 Å². The van der Waals surface area contributed by atoms with Crippen LogP contribution in [-0.2, 0) is 6.54 Å². The van der Waals surface area contributed by atoms with Gasteiger partial charge in [0.2, 0.25) is 0 Å². The maximum Gasteiger partial charge on any atom is 0.185 e. The molecule has 4 nitrogen and oxygen atoms in total. The van der Waals surface area contributed by atoms with Crippen molar-refractivity contribution in [3.8, 4) is 5.75 Å². The average Bonchev–Trinajstić information content (AvgIpc) is 3.14. The second kappa shape index (κ2) is 8.68. The Hall–Kier alpha value is -1.59. The fraction of sp³-hybridized carbons (Fsp3) is 0.550. The molecule has 2 heterocycles. The molecule has 1 aromatic carbocycles. The smallest absolute Gasteiger partial charge is 0.185 e. The van der Waals surface area contributed by atoms with Crippen molar-refractivity contribution in [2.24, 2.45) is 5.92 Å². The summed E-state index contributed by atoms with van der Waals surface area (Å²) in [6, 6.07) is 7.09. The largest absolute Gasteiger partial charge is 0.493 e. The van der Waals surface area contributed by atoms with Crippen LogP contribution in [0.1, 0.15) is 37.8 Å². The van der Waals surface area contributed by atoms with Crippen LogP contribution in [0, 0.1) is 12.8 Å². The summed E-state index contributed by atoms with van der Waals surface area (Å²) in [6.07, 6.45) is 4.21. The molecule has 25 heavy (non-hydrogen) atoms. The molecule has 1 aliphatic heterocycles. The minimum absolute atomic E-state index is 0.538. The van der Waals surface area contributed by atoms with E-state index in [4.69, 9.17) is 4.74 Å². The summed E-state index contributed by atoms with van der Waals surface area (Å²) < 4.78 is 6.03. The molecule has 5 heteroatoms. The Balaban J connectivity index is 1.52. The molecule has 1 aliphatic rings. The third-order valence-corrected chi connectivity index (χ3v) is 5.39. The van der Waals surface area contributed by atoms with Crippen LogP contribution in [0.25, 0.3) is 0 Å². The third kappa shape index (κ3) is 5.19. The summed E-state index contributed by atoms with van der Waals surface area (Å²) in [4.78, 5) is 6.82. The highest BCUT2D eigenvalue weighted by Crippen LogP contribution is 2.24. The fourth-order valence-electron chi connectivity index (χ4n) is 3.10. The predicted octanol–water partition coefficient (Wildman–Crippen LogP) is 4.24. The van der Waals surface area contributed by atoms with Crippen molar-refractivity contribution in [3.63, 3.8) is 0 Å². The van der Waals surface area contributed by atoms with E-state index >= 15 is 0 Å². The minimum atomic E-state index is 0.538. The molecule has 1 aromatic heterocycles. The van der Waals surface area contributed by atoms with Crippen molar-refractivity contribution >= 4 is 16.5 Å². The Morgan fingerprint density at radius 1 is 1.32 bits per heavy atom. The molecule has 3 rings (SSSR count). The zero-order valence-electron chi connectivity index (χ0n) is 15.5. The number of ether oxygens (including phenoxy) is 1. The van der Waals surface area contributed by atoms with Crippen molar-refractivity contribution in [1.82, 2.24) is 10.3 Å². The number of rotatable bonds is 7. The first-order chi connectivity index (χ1) is 12.1. The van der Waals surface area contributed by atoms with E-state index in [2.05, 4.69) is 59.6 Å². The normalized spacial score (nSPS) is 15.8. The first kappa shape index (κ1) is 18.2. The van der Waals surface area contributed by atoms with Gasteiger partial charge in [0, 0.05) is 42.8 Å².